The monoisotopic (exact) mass is 765 g/mol. The van der Waals surface area contributed by atoms with Crippen molar-refractivity contribution in [2.24, 2.45) is 65.1 Å². The van der Waals surface area contributed by atoms with Crippen molar-refractivity contribution in [1.29, 1.82) is 0 Å². The Bertz CT molecular complexity index is 2330. The van der Waals surface area contributed by atoms with Crippen LogP contribution in [0.2, 0.25) is 0 Å². The van der Waals surface area contributed by atoms with Crippen molar-refractivity contribution >= 4 is 28.0 Å². The van der Waals surface area contributed by atoms with Crippen molar-refractivity contribution in [3.05, 3.63) is 147 Å². The lowest BCUT2D eigenvalue weighted by Crippen LogP contribution is -2.55. The molecular weight excluding hydrogens is 697 g/mol. The molecule has 3 aromatic rings. The fourth-order valence-electron chi connectivity index (χ4n) is 13.4. The van der Waals surface area contributed by atoms with Gasteiger partial charge in [-0.3, -0.25) is 0 Å². The molecule has 10 atom stereocenters. The van der Waals surface area contributed by atoms with Crippen molar-refractivity contribution < 1.29 is 0 Å². The van der Waals surface area contributed by atoms with Gasteiger partial charge < -0.3 is 0 Å². The molecule has 0 heteroatoms. The van der Waals surface area contributed by atoms with Crippen molar-refractivity contribution in [2.75, 3.05) is 0 Å². The summed E-state index contributed by atoms with van der Waals surface area (Å²) in [6, 6.07) is 24.2. The highest BCUT2D eigenvalue weighted by molar-refractivity contribution is 5.89. The smallest absolute Gasteiger partial charge is 0.0123 e. The minimum Gasteiger partial charge on any atom is -0.0814 e. The van der Waals surface area contributed by atoms with Crippen LogP contribution in [0.3, 0.4) is 0 Å². The van der Waals surface area contributed by atoms with E-state index in [1.165, 1.54) is 85.3 Å². The molecular formula is C58H68. The molecule has 10 unspecified atom stereocenters. The summed E-state index contributed by atoms with van der Waals surface area (Å²) in [4.78, 5) is 0. The van der Waals surface area contributed by atoms with Crippen LogP contribution in [0, 0.1) is 65.1 Å². The molecule has 0 radical (unpaired) electrons. The topological polar surface area (TPSA) is 0 Å². The van der Waals surface area contributed by atoms with Gasteiger partial charge in [0.1, 0.15) is 0 Å². The van der Waals surface area contributed by atoms with Crippen molar-refractivity contribution in [3.8, 4) is 0 Å². The van der Waals surface area contributed by atoms with E-state index in [1.54, 1.807) is 33.4 Å². The number of allylic oxidation sites excluding steroid dienone is 13. The van der Waals surface area contributed by atoms with Crippen LogP contribution in [-0.2, 0) is 6.42 Å². The first-order valence-corrected chi connectivity index (χ1v) is 23.7. The summed E-state index contributed by atoms with van der Waals surface area (Å²) >= 11 is 0. The molecule has 0 N–H and O–H groups in total. The molecule has 0 nitrogen and oxygen atoms in total. The number of fused-ring (bicyclic) bond motifs is 4. The molecule has 0 saturated heterocycles. The van der Waals surface area contributed by atoms with Gasteiger partial charge >= 0.3 is 0 Å². The fourth-order valence-corrected chi connectivity index (χ4v) is 13.4. The van der Waals surface area contributed by atoms with Gasteiger partial charge in [0.05, 0.1) is 0 Å². The largest absolute Gasteiger partial charge is 0.0814 e. The predicted octanol–water partition coefficient (Wildman–Crippen LogP) is 15.8. The molecule has 300 valence electrons. The van der Waals surface area contributed by atoms with Crippen LogP contribution in [0.5, 0.6) is 0 Å². The SMILES string of the molecule is CCC1Cc2ccccc2C2=C1C1C(C)C(C(=C3CC3)C(C3C(C)C(C)C3CC(=C3CC3)c3ccc4cc(C=CC(C)C)ccc4c3)C2)C1CC1=CC=C(C)CC=C1. The summed E-state index contributed by atoms with van der Waals surface area (Å²) < 4.78 is 0. The molecule has 8 aliphatic carbocycles. The van der Waals surface area contributed by atoms with Crippen LogP contribution < -0.4 is 0 Å². The average Bonchev–Trinajstić information content (AvgIpc) is 4.15. The van der Waals surface area contributed by atoms with Crippen LogP contribution in [-0.4, -0.2) is 0 Å². The quantitative estimate of drug-likeness (QED) is 0.190. The van der Waals surface area contributed by atoms with Crippen molar-refractivity contribution in [1.82, 2.24) is 0 Å². The molecule has 2 bridgehead atoms. The van der Waals surface area contributed by atoms with Gasteiger partial charge in [-0.15, -0.1) is 0 Å². The van der Waals surface area contributed by atoms with Crippen LogP contribution in [0.1, 0.15) is 129 Å². The van der Waals surface area contributed by atoms with E-state index < -0.39 is 0 Å². The van der Waals surface area contributed by atoms with E-state index in [9.17, 15) is 0 Å². The van der Waals surface area contributed by atoms with E-state index in [0.29, 0.717) is 29.6 Å². The van der Waals surface area contributed by atoms with Gasteiger partial charge in [-0.2, -0.15) is 0 Å². The van der Waals surface area contributed by atoms with Crippen molar-refractivity contribution in [2.45, 2.75) is 113 Å². The molecule has 4 fully saturated rings. The zero-order valence-electron chi connectivity index (χ0n) is 36.7. The normalized spacial score (nSPS) is 32.5. The van der Waals surface area contributed by atoms with Crippen LogP contribution in [0.15, 0.2) is 124 Å². The average molecular weight is 765 g/mol. The lowest BCUT2D eigenvalue weighted by Gasteiger charge is -2.62. The molecule has 0 heterocycles. The summed E-state index contributed by atoms with van der Waals surface area (Å²) in [6.45, 7) is 17.3. The minimum atomic E-state index is 0.564. The first-order chi connectivity index (χ1) is 28.2. The van der Waals surface area contributed by atoms with Gasteiger partial charge in [0.2, 0.25) is 0 Å². The van der Waals surface area contributed by atoms with Gasteiger partial charge in [0.25, 0.3) is 0 Å². The first kappa shape index (κ1) is 38.3. The Hall–Kier alpha value is -3.90. The van der Waals surface area contributed by atoms with E-state index in [0.717, 1.165) is 41.9 Å². The molecule has 0 aromatic heterocycles. The van der Waals surface area contributed by atoms with Crippen LogP contribution >= 0.6 is 0 Å². The van der Waals surface area contributed by atoms with Crippen LogP contribution in [0.4, 0.5) is 0 Å². The molecule has 0 amide bonds. The lowest BCUT2D eigenvalue weighted by molar-refractivity contribution is -0.0450. The van der Waals surface area contributed by atoms with E-state index in [-0.39, 0.29) is 0 Å². The minimum absolute atomic E-state index is 0.564. The second kappa shape index (κ2) is 15.3. The molecule has 8 aliphatic rings. The second-order valence-electron chi connectivity index (χ2n) is 20.6. The maximum Gasteiger partial charge on any atom is -0.0123 e. The molecule has 3 aromatic carbocycles. The molecule has 0 aliphatic heterocycles. The Morgan fingerprint density at radius 2 is 1.57 bits per heavy atom. The van der Waals surface area contributed by atoms with Gasteiger partial charge in [-0.05, 0) is 198 Å². The highest BCUT2D eigenvalue weighted by Gasteiger charge is 2.59. The predicted molar refractivity (Wildman–Crippen MR) is 249 cm³/mol. The van der Waals surface area contributed by atoms with Gasteiger partial charge in [0.15, 0.2) is 0 Å². The Kier molecular flexibility index (Phi) is 10.1. The summed E-state index contributed by atoms with van der Waals surface area (Å²) in [5.41, 5.74) is 20.1. The second-order valence-corrected chi connectivity index (χ2v) is 20.6. The van der Waals surface area contributed by atoms with E-state index in [4.69, 9.17) is 0 Å². The third kappa shape index (κ3) is 6.83. The third-order valence-electron chi connectivity index (χ3n) is 16.7. The van der Waals surface area contributed by atoms with E-state index in [2.05, 4.69) is 146 Å². The summed E-state index contributed by atoms with van der Waals surface area (Å²) in [6.07, 6.45) is 27.0. The Labute approximate surface area is 351 Å². The maximum absolute atomic E-state index is 2.69. The highest BCUT2D eigenvalue weighted by Crippen LogP contribution is 2.68. The summed E-state index contributed by atoms with van der Waals surface area (Å²) in [5, 5.41) is 2.74. The Morgan fingerprint density at radius 1 is 0.793 bits per heavy atom. The molecule has 11 rings (SSSR count). The number of benzene rings is 3. The first-order valence-electron chi connectivity index (χ1n) is 23.7. The summed E-state index contributed by atoms with van der Waals surface area (Å²) in [5.74, 6) is 7.71. The zero-order valence-corrected chi connectivity index (χ0v) is 36.7. The standard InChI is InChI=1S/C58H68/c1-8-41-30-46-14-9-10-15-48(46)51-33-53(58(43-24-25-43)56-38(7)55(57(41)51)52(56)29-39-13-11-12-35(4)17-19-39)54-37(6)36(5)49(54)32-50(42-22-23-42)47-27-26-44-28-40(18-16-34(2)3)20-21-45(44)31-47/h9-11,13-21,26-28,31,34,36-38,41,49,52-56H,8,12,22-25,29-30,32-33H2,1-7H3. The number of rotatable bonds is 9. The number of hydrogen-bond donors (Lipinski definition) is 0. The molecule has 4 saturated carbocycles. The highest BCUT2D eigenvalue weighted by atomic mass is 14.6. The van der Waals surface area contributed by atoms with E-state index >= 15 is 0 Å². The summed E-state index contributed by atoms with van der Waals surface area (Å²) in [7, 11) is 0. The Balaban J connectivity index is 1.05. The maximum atomic E-state index is 2.69. The third-order valence-corrected chi connectivity index (χ3v) is 16.7. The number of hydrogen-bond acceptors (Lipinski definition) is 0. The van der Waals surface area contributed by atoms with E-state index in [1.807, 2.05) is 16.7 Å². The van der Waals surface area contributed by atoms with Crippen molar-refractivity contribution in [3.63, 3.8) is 0 Å². The van der Waals surface area contributed by atoms with Gasteiger partial charge in [-0.25, -0.2) is 0 Å². The van der Waals surface area contributed by atoms with Gasteiger partial charge in [-0.1, -0.05) is 154 Å². The molecule has 58 heavy (non-hydrogen) atoms. The fraction of sp³-hybridized carbons (Fsp3) is 0.483. The van der Waals surface area contributed by atoms with Gasteiger partial charge in [0, 0.05) is 0 Å². The molecule has 0 spiro atoms. The zero-order chi connectivity index (χ0) is 39.8. The Morgan fingerprint density at radius 3 is 2.34 bits per heavy atom. The van der Waals surface area contributed by atoms with Crippen LogP contribution in [0.25, 0.3) is 28.0 Å². The lowest BCUT2D eigenvalue weighted by atomic mass is 9.42.